The maximum absolute atomic E-state index is 11.9. The molecule has 0 heterocycles. The fourth-order valence-corrected chi connectivity index (χ4v) is 2.03. The maximum atomic E-state index is 11.9. The SMILES string of the molecule is COc1ccc(/C=N\NC(=O)C(=O)Nc2ccccc2C)c(OC)c1. The van der Waals surface area contributed by atoms with Gasteiger partial charge in [0.25, 0.3) is 0 Å². The molecule has 0 saturated heterocycles. The maximum Gasteiger partial charge on any atom is 0.329 e. The van der Waals surface area contributed by atoms with Crippen LogP contribution in [0.5, 0.6) is 11.5 Å². The van der Waals surface area contributed by atoms with Crippen LogP contribution >= 0.6 is 0 Å². The van der Waals surface area contributed by atoms with Crippen LogP contribution < -0.4 is 20.2 Å². The van der Waals surface area contributed by atoms with Crippen LogP contribution in [0, 0.1) is 6.92 Å². The fraction of sp³-hybridized carbons (Fsp3) is 0.167. The summed E-state index contributed by atoms with van der Waals surface area (Å²) < 4.78 is 10.3. The van der Waals surface area contributed by atoms with E-state index in [0.29, 0.717) is 22.7 Å². The summed E-state index contributed by atoms with van der Waals surface area (Å²) in [5.41, 5.74) is 4.24. The summed E-state index contributed by atoms with van der Waals surface area (Å²) in [6.07, 6.45) is 1.39. The Kier molecular flexibility index (Phi) is 6.11. The summed E-state index contributed by atoms with van der Waals surface area (Å²) >= 11 is 0. The van der Waals surface area contributed by atoms with E-state index in [0.717, 1.165) is 5.56 Å². The number of amides is 2. The van der Waals surface area contributed by atoms with E-state index >= 15 is 0 Å². The second-order valence-corrected chi connectivity index (χ2v) is 5.08. The number of ether oxygens (including phenoxy) is 2. The number of hydrazone groups is 1. The molecule has 25 heavy (non-hydrogen) atoms. The number of nitrogens with one attached hydrogen (secondary N) is 2. The number of para-hydroxylation sites is 1. The zero-order valence-electron chi connectivity index (χ0n) is 14.2. The molecule has 2 rings (SSSR count). The molecule has 0 aliphatic carbocycles. The van der Waals surface area contributed by atoms with E-state index in [-0.39, 0.29) is 0 Å². The minimum Gasteiger partial charge on any atom is -0.497 e. The summed E-state index contributed by atoms with van der Waals surface area (Å²) in [7, 11) is 3.07. The Bertz CT molecular complexity index is 803. The zero-order valence-corrected chi connectivity index (χ0v) is 14.2. The van der Waals surface area contributed by atoms with E-state index in [2.05, 4.69) is 15.8 Å². The molecule has 0 aliphatic heterocycles. The first kappa shape index (κ1) is 18.0. The van der Waals surface area contributed by atoms with E-state index in [9.17, 15) is 9.59 Å². The van der Waals surface area contributed by atoms with Crippen LogP contribution in [0.2, 0.25) is 0 Å². The van der Waals surface area contributed by atoms with Crippen molar-refractivity contribution in [2.24, 2.45) is 5.10 Å². The van der Waals surface area contributed by atoms with Crippen LogP contribution in [0.4, 0.5) is 5.69 Å². The first-order chi connectivity index (χ1) is 12.0. The predicted octanol–water partition coefficient (Wildman–Crippen LogP) is 2.10. The first-order valence-electron chi connectivity index (χ1n) is 7.47. The van der Waals surface area contributed by atoms with Crippen LogP contribution in [0.3, 0.4) is 0 Å². The number of nitrogens with zero attached hydrogens (tertiary/aromatic N) is 1. The van der Waals surface area contributed by atoms with Crippen molar-refractivity contribution in [2.75, 3.05) is 19.5 Å². The van der Waals surface area contributed by atoms with Gasteiger partial charge in [-0.15, -0.1) is 0 Å². The Balaban J connectivity index is 1.98. The molecule has 2 amide bonds. The minimum atomic E-state index is -0.869. The molecular formula is C18H19N3O4. The first-order valence-corrected chi connectivity index (χ1v) is 7.47. The molecule has 0 aromatic heterocycles. The van der Waals surface area contributed by atoms with Gasteiger partial charge < -0.3 is 14.8 Å². The highest BCUT2D eigenvalue weighted by atomic mass is 16.5. The van der Waals surface area contributed by atoms with Gasteiger partial charge in [0, 0.05) is 17.3 Å². The zero-order chi connectivity index (χ0) is 18.2. The van der Waals surface area contributed by atoms with Crippen molar-refractivity contribution >= 4 is 23.7 Å². The summed E-state index contributed by atoms with van der Waals surface area (Å²) in [4.78, 5) is 23.7. The molecule has 0 atom stereocenters. The molecule has 0 spiro atoms. The highest BCUT2D eigenvalue weighted by Gasteiger charge is 2.13. The second-order valence-electron chi connectivity index (χ2n) is 5.08. The number of benzene rings is 2. The van der Waals surface area contributed by atoms with Gasteiger partial charge in [0.05, 0.1) is 20.4 Å². The molecule has 0 radical (unpaired) electrons. The van der Waals surface area contributed by atoms with Gasteiger partial charge in [0.1, 0.15) is 11.5 Å². The average Bonchev–Trinajstić information content (AvgIpc) is 2.63. The molecule has 2 aromatic carbocycles. The number of methoxy groups -OCH3 is 2. The smallest absolute Gasteiger partial charge is 0.329 e. The van der Waals surface area contributed by atoms with Crippen LogP contribution in [0.1, 0.15) is 11.1 Å². The lowest BCUT2D eigenvalue weighted by Crippen LogP contribution is -2.32. The third kappa shape index (κ3) is 4.81. The number of carbonyl (C=O) groups is 2. The highest BCUT2D eigenvalue weighted by Crippen LogP contribution is 2.22. The van der Waals surface area contributed by atoms with Gasteiger partial charge in [-0.1, -0.05) is 18.2 Å². The van der Waals surface area contributed by atoms with Crippen LogP contribution in [-0.4, -0.2) is 32.2 Å². The Morgan fingerprint density at radius 1 is 1.04 bits per heavy atom. The van der Waals surface area contributed by atoms with Gasteiger partial charge in [-0.2, -0.15) is 5.10 Å². The van der Waals surface area contributed by atoms with E-state index in [1.54, 1.807) is 37.4 Å². The monoisotopic (exact) mass is 341 g/mol. The molecule has 0 saturated carbocycles. The number of rotatable bonds is 5. The Morgan fingerprint density at radius 3 is 2.48 bits per heavy atom. The van der Waals surface area contributed by atoms with Crippen LogP contribution in [0.15, 0.2) is 47.6 Å². The summed E-state index contributed by atoms with van der Waals surface area (Å²) in [5.74, 6) is -0.502. The molecule has 0 aliphatic rings. The minimum absolute atomic E-state index is 0.529. The summed E-state index contributed by atoms with van der Waals surface area (Å²) in [5, 5.41) is 6.31. The van der Waals surface area contributed by atoms with Crippen LogP contribution in [0.25, 0.3) is 0 Å². The van der Waals surface area contributed by atoms with Crippen molar-refractivity contribution in [1.82, 2.24) is 5.43 Å². The van der Waals surface area contributed by atoms with Crippen molar-refractivity contribution in [2.45, 2.75) is 6.92 Å². The third-order valence-electron chi connectivity index (χ3n) is 3.41. The average molecular weight is 341 g/mol. The number of hydrogen-bond donors (Lipinski definition) is 2. The lowest BCUT2D eigenvalue weighted by Gasteiger charge is -2.07. The van der Waals surface area contributed by atoms with E-state index in [4.69, 9.17) is 9.47 Å². The second kappa shape index (κ2) is 8.49. The lowest BCUT2D eigenvalue weighted by atomic mass is 10.2. The Labute approximate surface area is 145 Å². The van der Waals surface area contributed by atoms with Gasteiger partial charge >= 0.3 is 11.8 Å². The van der Waals surface area contributed by atoms with E-state index in [1.807, 2.05) is 19.1 Å². The lowest BCUT2D eigenvalue weighted by molar-refractivity contribution is -0.136. The van der Waals surface area contributed by atoms with Crippen molar-refractivity contribution < 1.29 is 19.1 Å². The van der Waals surface area contributed by atoms with E-state index < -0.39 is 11.8 Å². The standard InChI is InChI=1S/C18H19N3O4/c1-12-6-4-5-7-15(12)20-17(22)18(23)21-19-11-13-8-9-14(24-2)10-16(13)25-3/h4-11H,1-3H3,(H,20,22)(H,21,23)/b19-11-. The van der Waals surface area contributed by atoms with Crippen molar-refractivity contribution in [3.8, 4) is 11.5 Å². The third-order valence-corrected chi connectivity index (χ3v) is 3.41. The molecule has 2 aromatic rings. The van der Waals surface area contributed by atoms with Crippen molar-refractivity contribution in [3.63, 3.8) is 0 Å². The normalized spacial score (nSPS) is 10.4. The molecule has 7 nitrogen and oxygen atoms in total. The number of anilines is 1. The quantitative estimate of drug-likeness (QED) is 0.495. The van der Waals surface area contributed by atoms with Crippen molar-refractivity contribution in [3.05, 3.63) is 53.6 Å². The predicted molar refractivity (Wildman–Crippen MR) is 95.1 cm³/mol. The Morgan fingerprint density at radius 2 is 1.80 bits per heavy atom. The summed E-state index contributed by atoms with van der Waals surface area (Å²) in [6.45, 7) is 1.83. The van der Waals surface area contributed by atoms with Gasteiger partial charge in [0.2, 0.25) is 0 Å². The molecular weight excluding hydrogens is 322 g/mol. The van der Waals surface area contributed by atoms with Gasteiger partial charge in [-0.05, 0) is 30.7 Å². The highest BCUT2D eigenvalue weighted by molar-refractivity contribution is 6.39. The summed E-state index contributed by atoms with van der Waals surface area (Å²) in [6, 6.07) is 12.3. The van der Waals surface area contributed by atoms with Gasteiger partial charge in [-0.25, -0.2) is 5.43 Å². The number of aryl methyl sites for hydroxylation is 1. The number of hydrogen-bond acceptors (Lipinski definition) is 5. The number of carbonyl (C=O) groups excluding carboxylic acids is 2. The fourth-order valence-electron chi connectivity index (χ4n) is 2.03. The van der Waals surface area contributed by atoms with Gasteiger partial charge in [-0.3, -0.25) is 9.59 Å². The largest absolute Gasteiger partial charge is 0.497 e. The topological polar surface area (TPSA) is 89.0 Å². The molecule has 0 bridgehead atoms. The van der Waals surface area contributed by atoms with Crippen LogP contribution in [-0.2, 0) is 9.59 Å². The molecule has 130 valence electrons. The van der Waals surface area contributed by atoms with Gasteiger partial charge in [0.15, 0.2) is 0 Å². The molecule has 2 N–H and O–H groups in total. The van der Waals surface area contributed by atoms with Crippen molar-refractivity contribution in [1.29, 1.82) is 0 Å². The molecule has 0 unspecified atom stereocenters. The molecule has 7 heteroatoms. The Hall–Kier alpha value is -3.35. The van der Waals surface area contributed by atoms with E-state index in [1.165, 1.54) is 13.3 Å². The molecule has 0 fully saturated rings.